The van der Waals surface area contributed by atoms with Gasteiger partial charge in [-0.2, -0.15) is 37.9 Å². The molecule has 0 aromatic rings. The first-order valence-corrected chi connectivity index (χ1v) is 14.7. The molecule has 0 radical (unpaired) electrons. The van der Waals surface area contributed by atoms with Crippen LogP contribution in [0.3, 0.4) is 0 Å². The molecule has 9 atom stereocenters. The van der Waals surface area contributed by atoms with Crippen molar-refractivity contribution >= 4 is 37.9 Å². The normalized spacial score (nSPS) is 47.9. The van der Waals surface area contributed by atoms with E-state index in [1.54, 1.807) is 0 Å². The minimum atomic E-state index is 0.641. The lowest BCUT2D eigenvalue weighted by atomic mass is 9.71. The Morgan fingerprint density at radius 3 is 1.59 bits per heavy atom. The maximum atomic E-state index is 5.14. The van der Waals surface area contributed by atoms with Crippen LogP contribution in [0.25, 0.3) is 0 Å². The summed E-state index contributed by atoms with van der Waals surface area (Å²) in [6.45, 7) is 0. The Morgan fingerprint density at radius 2 is 0.897 bits per heavy atom. The van der Waals surface area contributed by atoms with Crippen LogP contribution in [-0.2, 0) is 0 Å². The van der Waals surface area contributed by atoms with Gasteiger partial charge in [-0.3, -0.25) is 0 Å². The predicted molar refractivity (Wildman–Crippen MR) is 138 cm³/mol. The zero-order valence-corrected chi connectivity index (χ0v) is 21.2. The minimum Gasteiger partial charge on any atom is -0.176 e. The lowest BCUT2D eigenvalue weighted by molar-refractivity contribution is 0.176. The van der Waals surface area contributed by atoms with E-state index >= 15 is 0 Å². The fraction of sp³-hybridized carbons (Fsp3) is 1.00. The van der Waals surface area contributed by atoms with Gasteiger partial charge in [-0.1, -0.05) is 51.4 Å². The molecule has 4 aliphatic carbocycles. The summed E-state index contributed by atoms with van der Waals surface area (Å²) in [4.78, 5) is 0. The lowest BCUT2D eigenvalue weighted by Gasteiger charge is -2.37. The molecule has 3 heteroatoms. The van der Waals surface area contributed by atoms with Crippen molar-refractivity contribution in [3.8, 4) is 0 Å². The Kier molecular flexibility index (Phi) is 9.02. The molecule has 0 aromatic heterocycles. The molecule has 0 nitrogen and oxygen atoms in total. The molecule has 0 heterocycles. The van der Waals surface area contributed by atoms with Crippen LogP contribution in [0.1, 0.15) is 109 Å². The number of hydrogen-bond acceptors (Lipinski definition) is 3. The molecule has 4 aliphatic rings. The topological polar surface area (TPSA) is 0 Å². The van der Waals surface area contributed by atoms with Crippen molar-refractivity contribution in [1.82, 2.24) is 0 Å². The summed E-state index contributed by atoms with van der Waals surface area (Å²) < 4.78 is 0. The molecule has 0 saturated heterocycles. The standard InChI is InChI=1S/C26H46S3/c27-23-9-5-8-19(15-23)21-13-12-20(16-24(28)17-21)18-6-1-2-7-22(14-18)25-10-3-4-11-26(25)29/h18-29H,1-17H2/t18?,19?,20?,21?,22-,23?,24?,25?,26?/m0/s1. The maximum Gasteiger partial charge on any atom is 0.00477 e. The summed E-state index contributed by atoms with van der Waals surface area (Å²) in [5.74, 6) is 5.66. The van der Waals surface area contributed by atoms with Gasteiger partial charge in [0.25, 0.3) is 0 Å². The van der Waals surface area contributed by atoms with Gasteiger partial charge in [0.05, 0.1) is 0 Å². The molecule has 4 fully saturated rings. The van der Waals surface area contributed by atoms with E-state index in [1.165, 1.54) is 109 Å². The van der Waals surface area contributed by atoms with E-state index in [0.29, 0.717) is 15.7 Å². The van der Waals surface area contributed by atoms with Crippen molar-refractivity contribution in [1.29, 1.82) is 0 Å². The Balaban J connectivity index is 1.37. The van der Waals surface area contributed by atoms with Crippen molar-refractivity contribution in [2.45, 2.75) is 125 Å². The monoisotopic (exact) mass is 454 g/mol. The van der Waals surface area contributed by atoms with Crippen LogP contribution in [0.4, 0.5) is 0 Å². The second-order valence-electron chi connectivity index (χ2n) is 11.4. The average molecular weight is 455 g/mol. The zero-order chi connectivity index (χ0) is 20.2. The predicted octanol–water partition coefficient (Wildman–Crippen LogP) is 8.26. The van der Waals surface area contributed by atoms with Crippen molar-refractivity contribution in [2.75, 3.05) is 0 Å². The smallest absolute Gasteiger partial charge is 0.00477 e. The van der Waals surface area contributed by atoms with Crippen molar-refractivity contribution in [2.24, 2.45) is 35.5 Å². The van der Waals surface area contributed by atoms with Gasteiger partial charge in [-0.05, 0) is 93.3 Å². The zero-order valence-electron chi connectivity index (χ0n) is 18.6. The molecule has 0 aromatic carbocycles. The molecule has 0 N–H and O–H groups in total. The van der Waals surface area contributed by atoms with Crippen LogP contribution in [-0.4, -0.2) is 15.7 Å². The van der Waals surface area contributed by atoms with E-state index in [1.807, 2.05) is 0 Å². The van der Waals surface area contributed by atoms with Crippen molar-refractivity contribution in [3.05, 3.63) is 0 Å². The first kappa shape index (κ1) is 23.2. The van der Waals surface area contributed by atoms with E-state index in [0.717, 1.165) is 35.5 Å². The van der Waals surface area contributed by atoms with Crippen LogP contribution in [0, 0.1) is 35.5 Å². The quantitative estimate of drug-likeness (QED) is 0.277. The second-order valence-corrected chi connectivity index (χ2v) is 13.5. The first-order valence-electron chi connectivity index (χ1n) is 13.1. The largest absolute Gasteiger partial charge is 0.176 e. The highest BCUT2D eigenvalue weighted by Gasteiger charge is 2.37. The van der Waals surface area contributed by atoms with E-state index in [-0.39, 0.29) is 0 Å². The van der Waals surface area contributed by atoms with Crippen LogP contribution >= 0.6 is 37.9 Å². The summed E-state index contributed by atoms with van der Waals surface area (Å²) in [5.41, 5.74) is 0. The molecule has 8 unspecified atom stereocenters. The molecular weight excluding hydrogens is 408 g/mol. The minimum absolute atomic E-state index is 0.641. The van der Waals surface area contributed by atoms with Gasteiger partial charge in [0.2, 0.25) is 0 Å². The summed E-state index contributed by atoms with van der Waals surface area (Å²) in [6, 6.07) is 0. The van der Waals surface area contributed by atoms with E-state index in [2.05, 4.69) is 0 Å². The Hall–Kier alpha value is 1.05. The van der Waals surface area contributed by atoms with Crippen LogP contribution in [0.15, 0.2) is 0 Å². The fourth-order valence-electron chi connectivity index (χ4n) is 7.89. The highest BCUT2D eigenvalue weighted by Crippen LogP contribution is 2.47. The molecular formula is C26H46S3. The third kappa shape index (κ3) is 6.31. The summed E-state index contributed by atoms with van der Waals surface area (Å²) in [5, 5.41) is 1.99. The molecule has 29 heavy (non-hydrogen) atoms. The van der Waals surface area contributed by atoms with Gasteiger partial charge >= 0.3 is 0 Å². The molecule has 0 bridgehead atoms. The number of thiol groups is 3. The van der Waals surface area contributed by atoms with Crippen molar-refractivity contribution in [3.63, 3.8) is 0 Å². The number of hydrogen-bond donors (Lipinski definition) is 3. The highest BCUT2D eigenvalue weighted by atomic mass is 32.1. The second kappa shape index (κ2) is 11.3. The van der Waals surface area contributed by atoms with Gasteiger partial charge in [0.1, 0.15) is 0 Å². The lowest BCUT2D eigenvalue weighted by Crippen LogP contribution is -2.30. The average Bonchev–Trinajstić information content (AvgIpc) is 3.07. The van der Waals surface area contributed by atoms with E-state index in [9.17, 15) is 0 Å². The third-order valence-electron chi connectivity index (χ3n) is 9.47. The van der Waals surface area contributed by atoms with Gasteiger partial charge in [-0.15, -0.1) is 0 Å². The van der Waals surface area contributed by atoms with E-state index in [4.69, 9.17) is 37.9 Å². The first-order chi connectivity index (χ1) is 14.1. The van der Waals surface area contributed by atoms with Gasteiger partial charge in [0, 0.05) is 15.7 Å². The number of rotatable bonds is 3. The van der Waals surface area contributed by atoms with Crippen LogP contribution in [0.5, 0.6) is 0 Å². The third-order valence-corrected chi connectivity index (χ3v) is 11.0. The van der Waals surface area contributed by atoms with Gasteiger partial charge in [-0.25, -0.2) is 0 Å². The summed E-state index contributed by atoms with van der Waals surface area (Å²) in [7, 11) is 0. The maximum absolute atomic E-state index is 5.14. The summed E-state index contributed by atoms with van der Waals surface area (Å²) >= 11 is 15.0. The molecule has 0 aliphatic heterocycles. The molecule has 4 saturated carbocycles. The van der Waals surface area contributed by atoms with Crippen molar-refractivity contribution < 1.29 is 0 Å². The molecule has 168 valence electrons. The SMILES string of the molecule is SC1CCCC(C2CCC(C3CCCC[C@H](C4CCCCC4S)C3)CC(S)C2)C1. The van der Waals surface area contributed by atoms with Gasteiger partial charge in [0.15, 0.2) is 0 Å². The Bertz CT molecular complexity index is 494. The molecule has 0 amide bonds. The van der Waals surface area contributed by atoms with Crippen LogP contribution in [0.2, 0.25) is 0 Å². The molecule has 4 rings (SSSR count). The molecule has 0 spiro atoms. The van der Waals surface area contributed by atoms with Gasteiger partial charge < -0.3 is 0 Å². The Labute approximate surface area is 197 Å². The van der Waals surface area contributed by atoms with E-state index < -0.39 is 0 Å². The highest BCUT2D eigenvalue weighted by molar-refractivity contribution is 7.81. The fourth-order valence-corrected chi connectivity index (χ4v) is 9.46. The van der Waals surface area contributed by atoms with Crippen LogP contribution < -0.4 is 0 Å². The summed E-state index contributed by atoms with van der Waals surface area (Å²) in [6.07, 6.45) is 24.5. The Morgan fingerprint density at radius 1 is 0.379 bits per heavy atom.